The van der Waals surface area contributed by atoms with Gasteiger partial charge in [0, 0.05) is 11.4 Å². The van der Waals surface area contributed by atoms with E-state index in [1.54, 1.807) is 30.3 Å². The zero-order chi connectivity index (χ0) is 16.8. The third-order valence-corrected chi connectivity index (χ3v) is 4.12. The number of thiophene rings is 1. The maximum absolute atomic E-state index is 12.9. The van der Waals surface area contributed by atoms with E-state index in [0.717, 1.165) is 10.4 Å². The summed E-state index contributed by atoms with van der Waals surface area (Å²) >= 11 is 1.23. The Morgan fingerprint density at radius 2 is 2.00 bits per heavy atom. The van der Waals surface area contributed by atoms with Crippen LogP contribution < -0.4 is 5.32 Å². The molecule has 1 aromatic heterocycles. The van der Waals surface area contributed by atoms with E-state index in [9.17, 15) is 14.0 Å². The molecule has 0 fully saturated rings. The van der Waals surface area contributed by atoms with Gasteiger partial charge in [-0.2, -0.15) is 0 Å². The molecule has 0 saturated carbocycles. The van der Waals surface area contributed by atoms with Crippen LogP contribution in [0.15, 0.2) is 49.1 Å². The van der Waals surface area contributed by atoms with Gasteiger partial charge in [-0.25, -0.2) is 9.18 Å². The number of nitrogens with one attached hydrogen (secondary N) is 1. The predicted octanol–water partition coefficient (Wildman–Crippen LogP) is 3.40. The fraction of sp³-hybridized carbons (Fsp3) is 0.176. The highest BCUT2D eigenvalue weighted by Crippen LogP contribution is 2.28. The van der Waals surface area contributed by atoms with E-state index < -0.39 is 12.1 Å². The Morgan fingerprint density at radius 1 is 1.30 bits per heavy atom. The summed E-state index contributed by atoms with van der Waals surface area (Å²) in [6.45, 7) is 5.31. The first-order valence-electron chi connectivity index (χ1n) is 6.96. The van der Waals surface area contributed by atoms with Crippen molar-refractivity contribution in [3.05, 3.63) is 59.7 Å². The minimum atomic E-state index is -0.890. The van der Waals surface area contributed by atoms with Crippen molar-refractivity contribution in [1.82, 2.24) is 5.32 Å². The van der Waals surface area contributed by atoms with E-state index in [0.29, 0.717) is 11.4 Å². The third kappa shape index (κ3) is 4.50. The third-order valence-electron chi connectivity index (χ3n) is 3.01. The Kier molecular flexibility index (Phi) is 5.65. The number of amides is 1. The van der Waals surface area contributed by atoms with Gasteiger partial charge in [0.1, 0.15) is 10.7 Å². The van der Waals surface area contributed by atoms with Crippen LogP contribution in [0.2, 0.25) is 0 Å². The fourth-order valence-electron chi connectivity index (χ4n) is 1.81. The molecular weight excluding hydrogens is 317 g/mol. The molecule has 120 valence electrons. The number of ether oxygens (including phenoxy) is 1. The topological polar surface area (TPSA) is 55.4 Å². The second-order valence-corrected chi connectivity index (χ2v) is 5.84. The van der Waals surface area contributed by atoms with E-state index in [-0.39, 0.29) is 11.7 Å². The second-order valence-electron chi connectivity index (χ2n) is 4.75. The monoisotopic (exact) mass is 333 g/mol. The maximum Gasteiger partial charge on any atom is 0.349 e. The molecule has 0 saturated heterocycles. The number of carbonyl (C=O) groups is 2. The van der Waals surface area contributed by atoms with E-state index in [1.807, 2.05) is 0 Å². The van der Waals surface area contributed by atoms with Crippen LogP contribution >= 0.6 is 11.3 Å². The lowest BCUT2D eigenvalue weighted by atomic mass is 10.2. The minimum Gasteiger partial charge on any atom is -0.448 e. The van der Waals surface area contributed by atoms with Crippen LogP contribution in [0.4, 0.5) is 4.39 Å². The van der Waals surface area contributed by atoms with Crippen molar-refractivity contribution in [2.24, 2.45) is 0 Å². The summed E-state index contributed by atoms with van der Waals surface area (Å²) < 4.78 is 18.1. The van der Waals surface area contributed by atoms with Crippen molar-refractivity contribution >= 4 is 23.2 Å². The van der Waals surface area contributed by atoms with Crippen molar-refractivity contribution < 1.29 is 18.7 Å². The van der Waals surface area contributed by atoms with Crippen LogP contribution in [0.1, 0.15) is 16.6 Å². The number of halogens is 1. The summed E-state index contributed by atoms with van der Waals surface area (Å²) in [6, 6.07) is 9.39. The van der Waals surface area contributed by atoms with E-state index in [1.165, 1.54) is 30.4 Å². The number of esters is 1. The van der Waals surface area contributed by atoms with Gasteiger partial charge in [-0.1, -0.05) is 18.2 Å². The second kappa shape index (κ2) is 7.69. The molecule has 0 aliphatic rings. The highest BCUT2D eigenvalue weighted by molar-refractivity contribution is 7.17. The number of hydrogen-bond donors (Lipinski definition) is 1. The number of benzene rings is 1. The van der Waals surface area contributed by atoms with Gasteiger partial charge in [0.15, 0.2) is 6.10 Å². The maximum atomic E-state index is 12.9. The fourth-order valence-corrected chi connectivity index (χ4v) is 2.70. The first-order chi connectivity index (χ1) is 11.0. The van der Waals surface area contributed by atoms with Crippen LogP contribution in [-0.2, 0) is 9.53 Å². The quantitative estimate of drug-likeness (QED) is 0.651. The highest BCUT2D eigenvalue weighted by atomic mass is 32.1. The summed E-state index contributed by atoms with van der Waals surface area (Å²) in [4.78, 5) is 24.9. The smallest absolute Gasteiger partial charge is 0.349 e. The van der Waals surface area contributed by atoms with E-state index in [2.05, 4.69) is 11.9 Å². The molecule has 0 radical (unpaired) electrons. The summed E-state index contributed by atoms with van der Waals surface area (Å²) in [5, 5.41) is 2.56. The van der Waals surface area contributed by atoms with Crippen molar-refractivity contribution in [1.29, 1.82) is 0 Å². The molecule has 1 aromatic carbocycles. The molecule has 4 nitrogen and oxygen atoms in total. The van der Waals surface area contributed by atoms with Gasteiger partial charge >= 0.3 is 5.97 Å². The first kappa shape index (κ1) is 16.9. The van der Waals surface area contributed by atoms with E-state index in [4.69, 9.17) is 4.74 Å². The molecular formula is C17H16FNO3S. The molecule has 0 spiro atoms. The Bertz CT molecular complexity index is 709. The highest BCUT2D eigenvalue weighted by Gasteiger charge is 2.19. The zero-order valence-corrected chi connectivity index (χ0v) is 13.4. The summed E-state index contributed by atoms with van der Waals surface area (Å²) in [7, 11) is 0. The molecule has 1 heterocycles. The molecule has 1 atom stereocenters. The zero-order valence-electron chi connectivity index (χ0n) is 12.5. The lowest BCUT2D eigenvalue weighted by molar-refractivity contribution is -0.128. The number of carbonyl (C=O) groups excluding carboxylic acids is 2. The van der Waals surface area contributed by atoms with Crippen LogP contribution in [0, 0.1) is 5.82 Å². The van der Waals surface area contributed by atoms with Gasteiger partial charge in [-0.15, -0.1) is 17.9 Å². The van der Waals surface area contributed by atoms with Gasteiger partial charge in [-0.3, -0.25) is 4.79 Å². The van der Waals surface area contributed by atoms with E-state index >= 15 is 0 Å². The molecule has 0 aliphatic heterocycles. The standard InChI is InChI=1S/C17H16FNO3S/c1-3-10-19-16(20)11(2)22-17(21)15-9-8-14(23-15)12-4-6-13(18)7-5-12/h3-9,11H,1,10H2,2H3,(H,19,20). The number of rotatable bonds is 6. The Balaban J connectivity index is 2.02. The van der Waals surface area contributed by atoms with Crippen LogP contribution in [0.25, 0.3) is 10.4 Å². The molecule has 1 amide bonds. The normalized spacial score (nSPS) is 11.6. The lowest BCUT2D eigenvalue weighted by Crippen LogP contribution is -2.35. The molecule has 6 heteroatoms. The van der Waals surface area contributed by atoms with Crippen molar-refractivity contribution in [2.45, 2.75) is 13.0 Å². The van der Waals surface area contributed by atoms with Crippen LogP contribution in [0.5, 0.6) is 0 Å². The Morgan fingerprint density at radius 3 is 2.65 bits per heavy atom. The average molecular weight is 333 g/mol. The van der Waals surface area contributed by atoms with Crippen LogP contribution in [-0.4, -0.2) is 24.5 Å². The predicted molar refractivity (Wildman–Crippen MR) is 87.8 cm³/mol. The van der Waals surface area contributed by atoms with Gasteiger partial charge < -0.3 is 10.1 Å². The molecule has 0 bridgehead atoms. The van der Waals surface area contributed by atoms with Crippen LogP contribution in [0.3, 0.4) is 0 Å². The van der Waals surface area contributed by atoms with Crippen molar-refractivity contribution in [3.8, 4) is 10.4 Å². The van der Waals surface area contributed by atoms with Gasteiger partial charge in [0.25, 0.3) is 5.91 Å². The Hall–Kier alpha value is -2.47. The summed E-state index contributed by atoms with van der Waals surface area (Å²) in [6.07, 6.45) is 0.652. The summed E-state index contributed by atoms with van der Waals surface area (Å²) in [5.41, 5.74) is 0.812. The summed E-state index contributed by atoms with van der Waals surface area (Å²) in [5.74, 6) is -1.26. The van der Waals surface area contributed by atoms with Crippen molar-refractivity contribution in [3.63, 3.8) is 0 Å². The lowest BCUT2D eigenvalue weighted by Gasteiger charge is -2.11. The largest absolute Gasteiger partial charge is 0.448 e. The molecule has 2 rings (SSSR count). The molecule has 0 aliphatic carbocycles. The molecule has 2 aromatic rings. The molecule has 1 unspecified atom stereocenters. The van der Waals surface area contributed by atoms with Gasteiger partial charge in [0.2, 0.25) is 0 Å². The molecule has 23 heavy (non-hydrogen) atoms. The average Bonchev–Trinajstić information content (AvgIpc) is 3.03. The molecule has 1 N–H and O–H groups in total. The van der Waals surface area contributed by atoms with Gasteiger partial charge in [-0.05, 0) is 36.8 Å². The number of hydrogen-bond acceptors (Lipinski definition) is 4. The van der Waals surface area contributed by atoms with Crippen molar-refractivity contribution in [2.75, 3.05) is 6.54 Å². The Labute approximate surface area is 137 Å². The van der Waals surface area contributed by atoms with Gasteiger partial charge in [0.05, 0.1) is 0 Å². The minimum absolute atomic E-state index is 0.314. The first-order valence-corrected chi connectivity index (χ1v) is 7.78. The SMILES string of the molecule is C=CCNC(=O)C(C)OC(=O)c1ccc(-c2ccc(F)cc2)s1.